The van der Waals surface area contributed by atoms with Crippen LogP contribution >= 0.6 is 11.8 Å². The largest absolute Gasteiger partial charge is 0.339 e. The summed E-state index contributed by atoms with van der Waals surface area (Å²) >= 11 is 1.34. The van der Waals surface area contributed by atoms with Crippen LogP contribution in [0.25, 0.3) is 12.2 Å². The van der Waals surface area contributed by atoms with Gasteiger partial charge in [0.1, 0.15) is 11.6 Å². The number of carbonyl (C=O) groups excluding carboxylic acids is 1. The molecule has 1 unspecified atom stereocenters. The molecule has 7 heteroatoms. The molecule has 1 aliphatic heterocycles. The summed E-state index contributed by atoms with van der Waals surface area (Å²) in [6.45, 7) is 2.95. The summed E-state index contributed by atoms with van der Waals surface area (Å²) < 4.78 is 12.9. The molecular formula is C18H21FN4OS. The topological polar surface area (TPSA) is 61.9 Å². The van der Waals surface area contributed by atoms with Crippen LogP contribution in [-0.2, 0) is 4.79 Å². The Morgan fingerprint density at radius 3 is 2.92 bits per heavy atom. The van der Waals surface area contributed by atoms with Crippen LogP contribution in [0.15, 0.2) is 29.4 Å². The lowest BCUT2D eigenvalue weighted by Crippen LogP contribution is -2.42. The third-order valence-electron chi connectivity index (χ3n) is 4.23. The molecule has 0 bridgehead atoms. The maximum atomic E-state index is 12.9. The zero-order valence-electron chi connectivity index (χ0n) is 14.1. The van der Waals surface area contributed by atoms with Gasteiger partial charge in [-0.25, -0.2) is 9.37 Å². The maximum absolute atomic E-state index is 12.9. The molecule has 0 radical (unpaired) electrons. The van der Waals surface area contributed by atoms with E-state index in [2.05, 4.69) is 22.1 Å². The first-order chi connectivity index (χ1) is 12.1. The lowest BCUT2D eigenvalue weighted by atomic mass is 10.0. The van der Waals surface area contributed by atoms with Crippen molar-refractivity contribution < 1.29 is 9.18 Å². The lowest BCUT2D eigenvalue weighted by Gasteiger charge is -2.33. The van der Waals surface area contributed by atoms with Crippen molar-refractivity contribution in [2.45, 2.75) is 37.4 Å². The molecule has 1 N–H and O–H groups in total. The summed E-state index contributed by atoms with van der Waals surface area (Å²) in [7, 11) is 0. The van der Waals surface area contributed by atoms with Crippen LogP contribution in [0.3, 0.4) is 0 Å². The highest BCUT2D eigenvalue weighted by atomic mass is 32.2. The number of aromatic nitrogens is 3. The Balaban J connectivity index is 1.53. The van der Waals surface area contributed by atoms with Crippen molar-refractivity contribution in [2.24, 2.45) is 0 Å². The molecule has 5 nitrogen and oxygen atoms in total. The predicted molar refractivity (Wildman–Crippen MR) is 97.5 cm³/mol. The van der Waals surface area contributed by atoms with E-state index in [9.17, 15) is 9.18 Å². The molecule has 1 aliphatic rings. The van der Waals surface area contributed by atoms with Gasteiger partial charge >= 0.3 is 0 Å². The Hall–Kier alpha value is -2.15. The summed E-state index contributed by atoms with van der Waals surface area (Å²) in [4.78, 5) is 18.6. The summed E-state index contributed by atoms with van der Waals surface area (Å²) in [5.74, 6) is 0.836. The fourth-order valence-electron chi connectivity index (χ4n) is 2.82. The number of rotatable bonds is 5. The van der Waals surface area contributed by atoms with E-state index in [1.54, 1.807) is 18.2 Å². The highest BCUT2D eigenvalue weighted by Gasteiger charge is 2.23. The van der Waals surface area contributed by atoms with Crippen LogP contribution in [0.4, 0.5) is 4.39 Å². The van der Waals surface area contributed by atoms with E-state index in [1.807, 2.05) is 11.0 Å². The predicted octanol–water partition coefficient (Wildman–Crippen LogP) is 3.61. The van der Waals surface area contributed by atoms with Crippen molar-refractivity contribution in [3.8, 4) is 0 Å². The molecule has 132 valence electrons. The first-order valence-electron chi connectivity index (χ1n) is 8.40. The third-order valence-corrected chi connectivity index (χ3v) is 5.07. The van der Waals surface area contributed by atoms with E-state index in [0.717, 1.165) is 24.9 Å². The van der Waals surface area contributed by atoms with Gasteiger partial charge in [-0.2, -0.15) is 0 Å². The fourth-order valence-corrected chi connectivity index (χ4v) is 3.52. The van der Waals surface area contributed by atoms with E-state index in [-0.39, 0.29) is 11.7 Å². The second-order valence-corrected chi connectivity index (χ2v) is 7.05. The quantitative estimate of drug-likeness (QED) is 0.828. The highest BCUT2D eigenvalue weighted by molar-refractivity contribution is 7.99. The van der Waals surface area contributed by atoms with Gasteiger partial charge < -0.3 is 4.90 Å². The lowest BCUT2D eigenvalue weighted by molar-refractivity contribution is -0.131. The number of halogens is 1. The summed E-state index contributed by atoms with van der Waals surface area (Å²) in [6.07, 6.45) is 6.96. The van der Waals surface area contributed by atoms with Crippen molar-refractivity contribution in [3.05, 3.63) is 41.5 Å². The molecule has 1 aromatic heterocycles. The Labute approximate surface area is 150 Å². The van der Waals surface area contributed by atoms with E-state index in [4.69, 9.17) is 0 Å². The third kappa shape index (κ3) is 4.92. The minimum absolute atomic E-state index is 0.144. The summed E-state index contributed by atoms with van der Waals surface area (Å²) in [5.41, 5.74) is 0.876. The van der Waals surface area contributed by atoms with Gasteiger partial charge in [0.05, 0.1) is 5.75 Å². The standard InChI is InChI=1S/C18H21FN4OS/c1-13-4-2-3-11-23(13)17(24)12-25-18-20-16(21-22-18)10-7-14-5-8-15(19)9-6-14/h5-10,13H,2-4,11-12H2,1H3,(H,20,21,22). The molecule has 1 fully saturated rings. The van der Waals surface area contributed by atoms with Crippen LogP contribution in [0.2, 0.25) is 0 Å². The number of amides is 1. The van der Waals surface area contributed by atoms with Crippen LogP contribution < -0.4 is 0 Å². The number of likely N-dealkylation sites (tertiary alicyclic amines) is 1. The Bertz CT molecular complexity index is 744. The smallest absolute Gasteiger partial charge is 0.233 e. The van der Waals surface area contributed by atoms with Gasteiger partial charge in [-0.05, 0) is 50.0 Å². The average Bonchev–Trinajstić information content (AvgIpc) is 3.07. The minimum Gasteiger partial charge on any atom is -0.339 e. The fraction of sp³-hybridized carbons (Fsp3) is 0.389. The number of carbonyl (C=O) groups is 1. The zero-order valence-corrected chi connectivity index (χ0v) is 14.9. The van der Waals surface area contributed by atoms with E-state index in [0.29, 0.717) is 22.8 Å². The molecule has 1 atom stereocenters. The van der Waals surface area contributed by atoms with E-state index in [1.165, 1.54) is 30.3 Å². The average molecular weight is 360 g/mol. The van der Waals surface area contributed by atoms with Crippen molar-refractivity contribution >= 4 is 29.8 Å². The molecule has 2 aromatic rings. The molecule has 0 aliphatic carbocycles. The molecule has 3 rings (SSSR count). The Morgan fingerprint density at radius 2 is 2.16 bits per heavy atom. The van der Waals surface area contributed by atoms with Gasteiger partial charge in [-0.1, -0.05) is 30.0 Å². The second kappa shape index (κ2) is 8.29. The number of nitrogens with one attached hydrogen (secondary N) is 1. The van der Waals surface area contributed by atoms with Gasteiger partial charge in [0.2, 0.25) is 11.1 Å². The number of hydrogen-bond donors (Lipinski definition) is 1. The highest BCUT2D eigenvalue weighted by Crippen LogP contribution is 2.20. The number of thioether (sulfide) groups is 1. The van der Waals surface area contributed by atoms with Gasteiger partial charge in [-0.3, -0.25) is 9.89 Å². The zero-order chi connectivity index (χ0) is 17.6. The Kier molecular flexibility index (Phi) is 5.86. The monoisotopic (exact) mass is 360 g/mol. The molecular weight excluding hydrogens is 339 g/mol. The number of H-pyrrole nitrogens is 1. The summed E-state index contributed by atoms with van der Waals surface area (Å²) in [5, 5.41) is 7.51. The number of hydrogen-bond acceptors (Lipinski definition) is 4. The normalized spacial score (nSPS) is 18.0. The molecule has 1 aromatic carbocycles. The van der Waals surface area contributed by atoms with Gasteiger partial charge in [-0.15, -0.1) is 5.10 Å². The van der Waals surface area contributed by atoms with Crippen LogP contribution in [-0.4, -0.2) is 44.3 Å². The van der Waals surface area contributed by atoms with Crippen molar-refractivity contribution in [1.29, 1.82) is 0 Å². The Morgan fingerprint density at radius 1 is 1.36 bits per heavy atom. The van der Waals surface area contributed by atoms with E-state index >= 15 is 0 Å². The maximum Gasteiger partial charge on any atom is 0.233 e. The summed E-state index contributed by atoms with van der Waals surface area (Å²) in [6, 6.07) is 6.53. The molecule has 0 spiro atoms. The first kappa shape index (κ1) is 17.7. The first-order valence-corrected chi connectivity index (χ1v) is 9.39. The number of nitrogens with zero attached hydrogens (tertiary/aromatic N) is 3. The van der Waals surface area contributed by atoms with E-state index < -0.39 is 0 Å². The number of piperidine rings is 1. The molecule has 1 amide bonds. The van der Waals surface area contributed by atoms with Crippen molar-refractivity contribution in [3.63, 3.8) is 0 Å². The second-order valence-electron chi connectivity index (χ2n) is 6.11. The van der Waals surface area contributed by atoms with Crippen LogP contribution in [0.1, 0.15) is 37.6 Å². The molecule has 25 heavy (non-hydrogen) atoms. The van der Waals surface area contributed by atoms with Crippen molar-refractivity contribution in [1.82, 2.24) is 20.1 Å². The molecule has 0 saturated carbocycles. The van der Waals surface area contributed by atoms with Gasteiger partial charge in [0.25, 0.3) is 0 Å². The van der Waals surface area contributed by atoms with Gasteiger partial charge in [0, 0.05) is 12.6 Å². The van der Waals surface area contributed by atoms with Crippen LogP contribution in [0, 0.1) is 5.82 Å². The van der Waals surface area contributed by atoms with Crippen LogP contribution in [0.5, 0.6) is 0 Å². The molecule has 2 heterocycles. The minimum atomic E-state index is -0.261. The number of benzene rings is 1. The van der Waals surface area contributed by atoms with Crippen molar-refractivity contribution in [2.75, 3.05) is 12.3 Å². The SMILES string of the molecule is CC1CCCCN1C(=O)CSc1n[nH]c(C=Cc2ccc(F)cc2)n1. The molecule has 1 saturated heterocycles. The van der Waals surface area contributed by atoms with Gasteiger partial charge in [0.15, 0.2) is 0 Å². The number of aromatic amines is 1.